The van der Waals surface area contributed by atoms with Crippen LogP contribution in [0.3, 0.4) is 0 Å². The standard InChI is InChI=1S/C9H18NO3.ClH/c1-7(2)9(11)13-12-8(3)10(4,5)6;/h8H,1H2,2-6H3;1H/q+1;/p-1. The molecule has 0 aromatic heterocycles. The Kier molecular flexibility index (Phi) is 6.81. The fourth-order valence-corrected chi connectivity index (χ4v) is 0.314. The molecule has 5 heteroatoms. The van der Waals surface area contributed by atoms with Crippen LogP contribution in [0.2, 0.25) is 0 Å². The van der Waals surface area contributed by atoms with Crippen LogP contribution in [0.15, 0.2) is 12.2 Å². The van der Waals surface area contributed by atoms with Gasteiger partial charge in [0.15, 0.2) is 0 Å². The van der Waals surface area contributed by atoms with Crippen LogP contribution in [-0.2, 0) is 14.6 Å². The number of quaternary nitrogens is 1. The average Bonchev–Trinajstić information content (AvgIpc) is 1.97. The van der Waals surface area contributed by atoms with Crippen LogP contribution in [0.5, 0.6) is 0 Å². The van der Waals surface area contributed by atoms with Crippen LogP contribution in [0.25, 0.3) is 0 Å². The Bertz CT molecular complexity index is 211. The second-order valence-corrected chi connectivity index (χ2v) is 3.96. The van der Waals surface area contributed by atoms with E-state index in [9.17, 15) is 4.79 Å². The molecular formula is C9H18ClNO3. The smallest absolute Gasteiger partial charge is 0.368 e. The molecule has 0 saturated heterocycles. The highest BCUT2D eigenvalue weighted by atomic mass is 35.5. The maximum Gasteiger partial charge on any atom is 0.368 e. The number of carbonyl (C=O) groups is 1. The summed E-state index contributed by atoms with van der Waals surface area (Å²) in [5.74, 6) is -0.527. The van der Waals surface area contributed by atoms with Crippen molar-refractivity contribution < 1.29 is 31.5 Å². The molecule has 0 aromatic carbocycles. The van der Waals surface area contributed by atoms with Gasteiger partial charge in [-0.15, -0.1) is 4.89 Å². The van der Waals surface area contributed by atoms with E-state index in [2.05, 4.69) is 11.5 Å². The van der Waals surface area contributed by atoms with E-state index < -0.39 is 5.97 Å². The number of rotatable bonds is 4. The lowest BCUT2D eigenvalue weighted by molar-refractivity contribution is -0.927. The van der Waals surface area contributed by atoms with Gasteiger partial charge in [-0.2, -0.15) is 0 Å². The van der Waals surface area contributed by atoms with Gasteiger partial charge in [-0.05, 0) is 6.92 Å². The zero-order chi connectivity index (χ0) is 10.6. The lowest BCUT2D eigenvalue weighted by Crippen LogP contribution is -3.00. The van der Waals surface area contributed by atoms with E-state index in [1.165, 1.54) is 0 Å². The molecule has 1 unspecified atom stereocenters. The van der Waals surface area contributed by atoms with Gasteiger partial charge in [0.25, 0.3) is 0 Å². The molecule has 1 atom stereocenters. The molecule has 0 aliphatic carbocycles. The molecule has 0 amide bonds. The van der Waals surface area contributed by atoms with Gasteiger partial charge in [0.1, 0.15) is 0 Å². The molecule has 14 heavy (non-hydrogen) atoms. The zero-order valence-electron chi connectivity index (χ0n) is 9.33. The predicted octanol–water partition coefficient (Wildman–Crippen LogP) is -1.91. The van der Waals surface area contributed by atoms with Gasteiger partial charge >= 0.3 is 5.97 Å². The largest absolute Gasteiger partial charge is 1.00 e. The van der Waals surface area contributed by atoms with Crippen molar-refractivity contribution in [3.8, 4) is 0 Å². The lowest BCUT2D eigenvalue weighted by Gasteiger charge is -2.29. The van der Waals surface area contributed by atoms with Crippen LogP contribution in [0, 0.1) is 0 Å². The SMILES string of the molecule is C=C(C)C(=O)OOC(C)[N+](C)(C)C.[Cl-]. The summed E-state index contributed by atoms with van der Waals surface area (Å²) in [4.78, 5) is 20.3. The maximum atomic E-state index is 10.9. The zero-order valence-corrected chi connectivity index (χ0v) is 10.1. The normalized spacial score (nSPS) is 12.6. The Labute approximate surface area is 91.4 Å². The van der Waals surface area contributed by atoms with E-state index in [1.807, 2.05) is 28.1 Å². The van der Waals surface area contributed by atoms with Gasteiger partial charge in [0, 0.05) is 12.5 Å². The molecule has 0 spiro atoms. The van der Waals surface area contributed by atoms with Crippen molar-refractivity contribution in [1.82, 2.24) is 0 Å². The fourth-order valence-electron chi connectivity index (χ4n) is 0.314. The Balaban J connectivity index is 0. The molecule has 0 aliphatic rings. The van der Waals surface area contributed by atoms with E-state index in [0.717, 1.165) is 0 Å². The first-order valence-electron chi connectivity index (χ1n) is 4.09. The second-order valence-electron chi connectivity index (χ2n) is 3.96. The fraction of sp³-hybridized carbons (Fsp3) is 0.667. The van der Waals surface area contributed by atoms with Crippen molar-refractivity contribution >= 4 is 5.97 Å². The summed E-state index contributed by atoms with van der Waals surface area (Å²) in [6.07, 6.45) is -0.205. The first kappa shape index (κ1) is 15.9. The summed E-state index contributed by atoms with van der Waals surface area (Å²) < 4.78 is 0.559. The quantitative estimate of drug-likeness (QED) is 0.184. The summed E-state index contributed by atoms with van der Waals surface area (Å²) >= 11 is 0. The first-order chi connectivity index (χ1) is 5.75. The highest BCUT2D eigenvalue weighted by Gasteiger charge is 2.21. The number of hydrogen-bond acceptors (Lipinski definition) is 3. The van der Waals surface area contributed by atoms with Crippen LogP contribution in [-0.4, -0.2) is 37.8 Å². The van der Waals surface area contributed by atoms with Crippen LogP contribution in [0.4, 0.5) is 0 Å². The minimum Gasteiger partial charge on any atom is -1.00 e. The molecule has 0 heterocycles. The van der Waals surface area contributed by atoms with E-state index >= 15 is 0 Å². The number of hydrogen-bond donors (Lipinski definition) is 0. The Morgan fingerprint density at radius 3 is 2.07 bits per heavy atom. The summed E-state index contributed by atoms with van der Waals surface area (Å²) in [6.45, 7) is 6.83. The Hall–Kier alpha value is -0.580. The summed E-state index contributed by atoms with van der Waals surface area (Å²) in [5.41, 5.74) is 0.327. The molecule has 84 valence electrons. The van der Waals surface area contributed by atoms with Gasteiger partial charge in [-0.25, -0.2) is 4.79 Å². The van der Waals surface area contributed by atoms with E-state index in [4.69, 9.17) is 4.89 Å². The minimum absolute atomic E-state index is 0. The highest BCUT2D eigenvalue weighted by Crippen LogP contribution is 2.05. The predicted molar refractivity (Wildman–Crippen MR) is 49.5 cm³/mol. The van der Waals surface area contributed by atoms with E-state index in [-0.39, 0.29) is 18.6 Å². The molecule has 0 saturated carbocycles. The third-order valence-electron chi connectivity index (χ3n) is 1.70. The maximum absolute atomic E-state index is 10.9. The third-order valence-corrected chi connectivity index (χ3v) is 1.70. The van der Waals surface area contributed by atoms with E-state index in [0.29, 0.717) is 10.1 Å². The van der Waals surface area contributed by atoms with Gasteiger partial charge in [-0.3, -0.25) is 4.89 Å². The Morgan fingerprint density at radius 1 is 1.36 bits per heavy atom. The molecular weight excluding hydrogens is 206 g/mol. The summed E-state index contributed by atoms with van der Waals surface area (Å²) in [5, 5.41) is 0. The van der Waals surface area contributed by atoms with Crippen molar-refractivity contribution in [2.75, 3.05) is 21.1 Å². The van der Waals surface area contributed by atoms with Crippen molar-refractivity contribution in [2.24, 2.45) is 0 Å². The second kappa shape index (κ2) is 6.01. The molecule has 0 rings (SSSR count). The number of nitrogens with zero attached hydrogens (tertiary/aromatic N) is 1. The molecule has 0 N–H and O–H groups in total. The molecule has 0 radical (unpaired) electrons. The summed E-state index contributed by atoms with van der Waals surface area (Å²) in [6, 6.07) is 0. The lowest BCUT2D eigenvalue weighted by atomic mass is 10.4. The van der Waals surface area contributed by atoms with E-state index in [1.54, 1.807) is 6.92 Å². The molecule has 0 bridgehead atoms. The van der Waals surface area contributed by atoms with Crippen LogP contribution >= 0.6 is 0 Å². The average molecular weight is 224 g/mol. The number of carbonyl (C=O) groups excluding carboxylic acids is 1. The third kappa shape index (κ3) is 5.96. The molecule has 0 aromatic rings. The molecule has 0 fully saturated rings. The van der Waals surface area contributed by atoms with Gasteiger partial charge in [-0.1, -0.05) is 6.58 Å². The van der Waals surface area contributed by atoms with Crippen molar-refractivity contribution in [3.05, 3.63) is 12.2 Å². The molecule has 4 nitrogen and oxygen atoms in total. The van der Waals surface area contributed by atoms with Crippen molar-refractivity contribution in [3.63, 3.8) is 0 Å². The Morgan fingerprint density at radius 2 is 1.79 bits per heavy atom. The van der Waals surface area contributed by atoms with Gasteiger partial charge in [0.05, 0.1) is 21.1 Å². The van der Waals surface area contributed by atoms with Crippen molar-refractivity contribution in [1.29, 1.82) is 0 Å². The minimum atomic E-state index is -0.527. The van der Waals surface area contributed by atoms with Crippen molar-refractivity contribution in [2.45, 2.75) is 20.1 Å². The highest BCUT2D eigenvalue weighted by molar-refractivity contribution is 5.86. The number of halogens is 1. The van der Waals surface area contributed by atoms with Gasteiger partial charge < -0.3 is 16.9 Å². The summed E-state index contributed by atoms with van der Waals surface area (Å²) in [7, 11) is 5.83. The van der Waals surface area contributed by atoms with Crippen LogP contribution < -0.4 is 12.4 Å². The van der Waals surface area contributed by atoms with Crippen LogP contribution in [0.1, 0.15) is 13.8 Å². The first-order valence-corrected chi connectivity index (χ1v) is 4.09. The monoisotopic (exact) mass is 223 g/mol. The molecule has 0 aliphatic heterocycles. The van der Waals surface area contributed by atoms with Gasteiger partial charge in [0.2, 0.25) is 6.23 Å². The topological polar surface area (TPSA) is 35.5 Å².